The van der Waals surface area contributed by atoms with Crippen LogP contribution >= 0.6 is 11.8 Å². The molecule has 3 rings (SSSR count). The van der Waals surface area contributed by atoms with Gasteiger partial charge in [0.05, 0.1) is 0 Å². The summed E-state index contributed by atoms with van der Waals surface area (Å²) in [5.74, 6) is 3.08. The number of thioether (sulfide) groups is 1. The molecule has 1 aromatic rings. The summed E-state index contributed by atoms with van der Waals surface area (Å²) in [6.45, 7) is 14.4. The average Bonchev–Trinajstić information content (AvgIpc) is 2.91. The number of fused-ring (bicyclic) bond motifs is 2. The fourth-order valence-corrected chi connectivity index (χ4v) is 6.92. The van der Waals surface area contributed by atoms with Crippen LogP contribution in [0.1, 0.15) is 62.3 Å². The molecule has 0 spiro atoms. The highest BCUT2D eigenvalue weighted by atomic mass is 32.2. The van der Waals surface area contributed by atoms with Gasteiger partial charge in [-0.2, -0.15) is 0 Å². The van der Waals surface area contributed by atoms with Crippen LogP contribution in [0, 0.1) is 38.0 Å². The molecular formula is C20H30S. The first kappa shape index (κ1) is 15.5. The number of hydrogen-bond acceptors (Lipinski definition) is 1. The van der Waals surface area contributed by atoms with Crippen molar-refractivity contribution >= 4 is 11.8 Å². The normalized spacial score (nSPS) is 33.6. The first-order chi connectivity index (χ1) is 9.75. The zero-order valence-electron chi connectivity index (χ0n) is 14.5. The van der Waals surface area contributed by atoms with Crippen LogP contribution in [-0.4, -0.2) is 4.75 Å². The second-order valence-corrected chi connectivity index (χ2v) is 9.63. The van der Waals surface area contributed by atoms with E-state index in [2.05, 4.69) is 65.4 Å². The van der Waals surface area contributed by atoms with Gasteiger partial charge >= 0.3 is 0 Å². The van der Waals surface area contributed by atoms with Crippen molar-refractivity contribution in [2.45, 2.75) is 71.3 Å². The van der Waals surface area contributed by atoms with Crippen molar-refractivity contribution in [3.05, 3.63) is 34.4 Å². The summed E-state index contributed by atoms with van der Waals surface area (Å²) < 4.78 is 0.458. The highest BCUT2D eigenvalue weighted by molar-refractivity contribution is 8.00. The van der Waals surface area contributed by atoms with E-state index in [-0.39, 0.29) is 0 Å². The van der Waals surface area contributed by atoms with E-state index in [9.17, 15) is 0 Å². The Morgan fingerprint density at radius 3 is 2.10 bits per heavy atom. The van der Waals surface area contributed by atoms with E-state index in [0.29, 0.717) is 10.2 Å². The number of rotatable bonds is 3. The maximum Gasteiger partial charge on any atom is 0.0217 e. The molecule has 1 aromatic carbocycles. The van der Waals surface area contributed by atoms with Crippen LogP contribution in [0.5, 0.6) is 0 Å². The molecule has 0 N–H and O–H groups in total. The van der Waals surface area contributed by atoms with Crippen molar-refractivity contribution in [3.8, 4) is 0 Å². The Morgan fingerprint density at radius 2 is 1.57 bits per heavy atom. The van der Waals surface area contributed by atoms with Gasteiger partial charge < -0.3 is 0 Å². The molecule has 0 unspecified atom stereocenters. The summed E-state index contributed by atoms with van der Waals surface area (Å²) >= 11 is 2.24. The van der Waals surface area contributed by atoms with Gasteiger partial charge in [-0.25, -0.2) is 0 Å². The maximum absolute atomic E-state index is 2.56. The van der Waals surface area contributed by atoms with Crippen LogP contribution in [0.25, 0.3) is 0 Å². The molecule has 3 atom stereocenters. The summed E-state index contributed by atoms with van der Waals surface area (Å²) in [6, 6.07) is 4.69. The fourth-order valence-electron chi connectivity index (χ4n) is 5.03. The second-order valence-electron chi connectivity index (χ2n) is 8.20. The summed E-state index contributed by atoms with van der Waals surface area (Å²) in [5.41, 5.74) is 6.41. The molecule has 0 amide bonds. The fraction of sp³-hybridized carbons (Fsp3) is 0.700. The molecule has 2 aliphatic carbocycles. The van der Waals surface area contributed by atoms with E-state index in [4.69, 9.17) is 0 Å². The number of hydrogen-bond donors (Lipinski definition) is 0. The van der Waals surface area contributed by atoms with E-state index in [0.717, 1.165) is 11.8 Å². The average molecular weight is 303 g/mol. The van der Waals surface area contributed by atoms with Crippen molar-refractivity contribution in [2.75, 3.05) is 0 Å². The lowest BCUT2D eigenvalue weighted by Gasteiger charge is -2.47. The molecule has 1 heteroatoms. The maximum atomic E-state index is 2.56. The molecule has 0 nitrogen and oxygen atoms in total. The molecule has 2 bridgehead atoms. The molecule has 2 aliphatic rings. The Morgan fingerprint density at radius 1 is 1.00 bits per heavy atom. The molecule has 0 radical (unpaired) electrons. The predicted octanol–water partition coefficient (Wildman–Crippen LogP) is 6.06. The Bertz CT molecular complexity index is 534. The Kier molecular flexibility index (Phi) is 3.72. The van der Waals surface area contributed by atoms with Crippen molar-refractivity contribution < 1.29 is 0 Å². The number of benzene rings is 1. The van der Waals surface area contributed by atoms with Crippen LogP contribution in [0.4, 0.5) is 0 Å². The van der Waals surface area contributed by atoms with Gasteiger partial charge in [0, 0.05) is 10.5 Å². The van der Waals surface area contributed by atoms with E-state index in [1.54, 1.807) is 5.56 Å². The first-order valence-corrected chi connectivity index (χ1v) is 9.45. The Balaban J connectivity index is 1.82. The number of aryl methyl sites for hydroxylation is 3. The summed E-state index contributed by atoms with van der Waals surface area (Å²) in [6.07, 6.45) is 4.40. The van der Waals surface area contributed by atoms with Crippen LogP contribution in [0.15, 0.2) is 12.1 Å². The third-order valence-corrected chi connectivity index (χ3v) is 8.76. The van der Waals surface area contributed by atoms with E-state index >= 15 is 0 Å². The monoisotopic (exact) mass is 302 g/mol. The van der Waals surface area contributed by atoms with Crippen molar-refractivity contribution in [1.29, 1.82) is 0 Å². The summed E-state index contributed by atoms with van der Waals surface area (Å²) in [5, 5.41) is 0. The third-order valence-electron chi connectivity index (χ3n) is 6.87. The van der Waals surface area contributed by atoms with Crippen molar-refractivity contribution in [3.63, 3.8) is 0 Å². The third kappa shape index (κ3) is 2.27. The molecule has 0 aliphatic heterocycles. The van der Waals surface area contributed by atoms with E-state index in [1.165, 1.54) is 41.7 Å². The topological polar surface area (TPSA) is 0 Å². The zero-order valence-corrected chi connectivity index (χ0v) is 15.4. The lowest BCUT2D eigenvalue weighted by Crippen LogP contribution is -2.44. The minimum atomic E-state index is 0.458. The highest BCUT2D eigenvalue weighted by Gasteiger charge is 2.60. The van der Waals surface area contributed by atoms with Gasteiger partial charge in [0.1, 0.15) is 0 Å². The van der Waals surface area contributed by atoms with Gasteiger partial charge in [-0.15, -0.1) is 11.8 Å². The highest BCUT2D eigenvalue weighted by Crippen LogP contribution is 2.66. The minimum absolute atomic E-state index is 0.458. The smallest absolute Gasteiger partial charge is 0.0217 e. The molecule has 0 aromatic heterocycles. The van der Waals surface area contributed by atoms with Crippen LogP contribution in [0.3, 0.4) is 0 Å². The largest absolute Gasteiger partial charge is 0.150 e. The van der Waals surface area contributed by atoms with Crippen LogP contribution < -0.4 is 0 Å². The van der Waals surface area contributed by atoms with E-state index < -0.39 is 0 Å². The van der Waals surface area contributed by atoms with Gasteiger partial charge in [-0.1, -0.05) is 31.5 Å². The molecule has 0 saturated heterocycles. The standard InChI is InChI=1S/C20H30S/c1-13-9-14(2)18(15(3)10-13)12-21-20(6)17-8-7-16(11-17)19(20,4)5/h9-10,16-17H,7-8,11-12H2,1-6H3/t16-,17+,20-/m1/s1. The summed E-state index contributed by atoms with van der Waals surface area (Å²) in [7, 11) is 0. The second kappa shape index (κ2) is 5.05. The van der Waals surface area contributed by atoms with Crippen LogP contribution in [0.2, 0.25) is 0 Å². The lowest BCUT2D eigenvalue weighted by atomic mass is 9.69. The Hall–Kier alpha value is -0.430. The quantitative estimate of drug-likeness (QED) is 0.654. The predicted molar refractivity (Wildman–Crippen MR) is 95.0 cm³/mol. The van der Waals surface area contributed by atoms with Crippen molar-refractivity contribution in [1.82, 2.24) is 0 Å². The van der Waals surface area contributed by atoms with Gasteiger partial charge in [-0.05, 0) is 80.9 Å². The summed E-state index contributed by atoms with van der Waals surface area (Å²) in [4.78, 5) is 0. The molecule has 2 fully saturated rings. The Labute approximate surface area is 135 Å². The van der Waals surface area contributed by atoms with Gasteiger partial charge in [0.25, 0.3) is 0 Å². The molecular weight excluding hydrogens is 272 g/mol. The molecule has 21 heavy (non-hydrogen) atoms. The molecule has 2 saturated carbocycles. The minimum Gasteiger partial charge on any atom is -0.150 e. The van der Waals surface area contributed by atoms with Crippen molar-refractivity contribution in [2.24, 2.45) is 17.3 Å². The van der Waals surface area contributed by atoms with Gasteiger partial charge in [0.2, 0.25) is 0 Å². The molecule has 0 heterocycles. The van der Waals surface area contributed by atoms with Gasteiger partial charge in [-0.3, -0.25) is 0 Å². The van der Waals surface area contributed by atoms with Gasteiger partial charge in [0.15, 0.2) is 0 Å². The van der Waals surface area contributed by atoms with Crippen LogP contribution in [-0.2, 0) is 5.75 Å². The molecule has 116 valence electrons. The SMILES string of the molecule is Cc1cc(C)c(CS[C@]2(C)[C@H]3CC[C@H](C3)C2(C)C)c(C)c1. The first-order valence-electron chi connectivity index (χ1n) is 8.46. The lowest BCUT2D eigenvalue weighted by molar-refractivity contribution is 0.166. The zero-order chi connectivity index (χ0) is 15.4. The van der Waals surface area contributed by atoms with E-state index in [1.807, 2.05) is 0 Å².